The lowest BCUT2D eigenvalue weighted by molar-refractivity contribution is 0.314. The predicted molar refractivity (Wildman–Crippen MR) is 53.3 cm³/mol. The van der Waals surface area contributed by atoms with Gasteiger partial charge in [0, 0.05) is 12.1 Å². The van der Waals surface area contributed by atoms with E-state index in [1.165, 1.54) is 17.4 Å². The molecule has 3 heteroatoms. The van der Waals surface area contributed by atoms with Gasteiger partial charge in [0.2, 0.25) is 0 Å². The van der Waals surface area contributed by atoms with Crippen LogP contribution in [0.1, 0.15) is 34.1 Å². The van der Waals surface area contributed by atoms with Crippen LogP contribution in [0.4, 0.5) is 0 Å². The molecule has 62 valence electrons. The minimum absolute atomic E-state index is 0.581. The molecule has 0 fully saturated rings. The second-order valence-corrected chi connectivity index (χ2v) is 3.87. The van der Waals surface area contributed by atoms with Crippen LogP contribution in [0.5, 0.6) is 0 Å². The first kappa shape index (κ1) is 10.7. The third-order valence-electron chi connectivity index (χ3n) is 1.63. The smallest absolute Gasteiger partial charge is 0.0182 e. The Labute approximate surface area is 73.5 Å². The Morgan fingerprint density at radius 1 is 1.40 bits per heavy atom. The zero-order valence-electron chi connectivity index (χ0n) is 7.16. The van der Waals surface area contributed by atoms with Gasteiger partial charge >= 0.3 is 0 Å². The van der Waals surface area contributed by atoms with Crippen molar-refractivity contribution in [1.82, 2.24) is 4.31 Å². The maximum Gasteiger partial charge on any atom is 0.0182 e. The van der Waals surface area contributed by atoms with Gasteiger partial charge in [0.1, 0.15) is 0 Å². The molecule has 0 aromatic carbocycles. The standard InChI is InChI=1S/C7H17NS2/c1-5-7(4)8(10-9)6(2)3/h6-7,9H,5H2,1-4H3. The summed E-state index contributed by atoms with van der Waals surface area (Å²) in [4.78, 5) is 0. The summed E-state index contributed by atoms with van der Waals surface area (Å²) in [6.45, 7) is 8.80. The lowest BCUT2D eigenvalue weighted by atomic mass is 10.2. The van der Waals surface area contributed by atoms with Gasteiger partial charge in [0.15, 0.2) is 0 Å². The van der Waals surface area contributed by atoms with Crippen molar-refractivity contribution >= 4 is 22.6 Å². The fraction of sp³-hybridized carbons (Fsp3) is 1.00. The quantitative estimate of drug-likeness (QED) is 0.401. The van der Waals surface area contributed by atoms with Crippen LogP contribution < -0.4 is 0 Å². The van der Waals surface area contributed by atoms with Gasteiger partial charge in [-0.25, -0.2) is 4.31 Å². The molecular weight excluding hydrogens is 162 g/mol. The van der Waals surface area contributed by atoms with E-state index in [2.05, 4.69) is 43.7 Å². The van der Waals surface area contributed by atoms with Crippen LogP contribution in [0.2, 0.25) is 0 Å². The lowest BCUT2D eigenvalue weighted by Gasteiger charge is -2.28. The Hall–Kier alpha value is 0.660. The summed E-state index contributed by atoms with van der Waals surface area (Å²) in [5.74, 6) is 0. The highest BCUT2D eigenvalue weighted by atomic mass is 33.1. The summed E-state index contributed by atoms with van der Waals surface area (Å²) in [5.41, 5.74) is 0. The molecule has 0 bridgehead atoms. The van der Waals surface area contributed by atoms with Crippen molar-refractivity contribution in [3.8, 4) is 0 Å². The van der Waals surface area contributed by atoms with Crippen molar-refractivity contribution in [2.75, 3.05) is 0 Å². The Morgan fingerprint density at radius 3 is 2.00 bits per heavy atom. The second kappa shape index (κ2) is 5.33. The molecule has 10 heavy (non-hydrogen) atoms. The minimum atomic E-state index is 0.581. The van der Waals surface area contributed by atoms with Crippen LogP contribution in [0, 0.1) is 0 Å². The summed E-state index contributed by atoms with van der Waals surface area (Å²) in [6, 6.07) is 1.21. The van der Waals surface area contributed by atoms with Gasteiger partial charge in [-0.05, 0) is 38.2 Å². The van der Waals surface area contributed by atoms with Gasteiger partial charge in [-0.15, -0.1) is 0 Å². The van der Waals surface area contributed by atoms with Gasteiger partial charge in [-0.3, -0.25) is 0 Å². The number of rotatable bonds is 4. The summed E-state index contributed by atoms with van der Waals surface area (Å²) in [6.07, 6.45) is 1.19. The summed E-state index contributed by atoms with van der Waals surface area (Å²) in [7, 11) is 1.54. The van der Waals surface area contributed by atoms with E-state index in [1.54, 1.807) is 0 Å². The van der Waals surface area contributed by atoms with E-state index in [4.69, 9.17) is 0 Å². The molecule has 0 aromatic heterocycles. The Morgan fingerprint density at radius 2 is 1.90 bits per heavy atom. The largest absolute Gasteiger partial charge is 0.236 e. The monoisotopic (exact) mass is 179 g/mol. The van der Waals surface area contributed by atoms with Gasteiger partial charge in [0.25, 0.3) is 0 Å². The second-order valence-electron chi connectivity index (χ2n) is 2.79. The number of hydrogen-bond donors (Lipinski definition) is 1. The SMILES string of the molecule is CCC(C)N(SS)C(C)C. The zero-order valence-corrected chi connectivity index (χ0v) is 8.88. The minimum Gasteiger partial charge on any atom is -0.236 e. The summed E-state index contributed by atoms with van der Waals surface area (Å²) < 4.78 is 2.29. The fourth-order valence-corrected chi connectivity index (χ4v) is 2.41. The molecule has 0 N–H and O–H groups in total. The molecule has 1 nitrogen and oxygen atoms in total. The van der Waals surface area contributed by atoms with Crippen LogP contribution in [0.15, 0.2) is 0 Å². The maximum absolute atomic E-state index is 4.19. The number of nitrogens with zero attached hydrogens (tertiary/aromatic N) is 1. The fourth-order valence-electron chi connectivity index (χ4n) is 0.864. The lowest BCUT2D eigenvalue weighted by Crippen LogP contribution is -2.31. The van der Waals surface area contributed by atoms with E-state index in [0.29, 0.717) is 12.1 Å². The third-order valence-corrected chi connectivity index (χ3v) is 3.16. The highest BCUT2D eigenvalue weighted by Crippen LogP contribution is 2.22. The van der Waals surface area contributed by atoms with E-state index in [9.17, 15) is 0 Å². The van der Waals surface area contributed by atoms with E-state index < -0.39 is 0 Å². The molecule has 1 unspecified atom stereocenters. The first-order chi connectivity index (χ1) is 4.63. The molecule has 0 aromatic rings. The molecule has 0 heterocycles. The molecule has 0 aliphatic rings. The first-order valence-electron chi connectivity index (χ1n) is 3.73. The van der Waals surface area contributed by atoms with Crippen LogP contribution in [0.25, 0.3) is 0 Å². The Bertz CT molecular complexity index is 85.7. The Kier molecular flexibility index (Phi) is 5.68. The predicted octanol–water partition coefficient (Wildman–Crippen LogP) is 2.99. The van der Waals surface area contributed by atoms with Gasteiger partial charge in [0.05, 0.1) is 0 Å². The van der Waals surface area contributed by atoms with Gasteiger partial charge in [-0.1, -0.05) is 18.6 Å². The van der Waals surface area contributed by atoms with Crippen molar-refractivity contribution < 1.29 is 0 Å². The van der Waals surface area contributed by atoms with E-state index in [-0.39, 0.29) is 0 Å². The molecule has 0 saturated carbocycles. The topological polar surface area (TPSA) is 3.24 Å². The van der Waals surface area contributed by atoms with Crippen LogP contribution in [-0.4, -0.2) is 16.4 Å². The van der Waals surface area contributed by atoms with Crippen LogP contribution >= 0.6 is 22.6 Å². The molecule has 0 amide bonds. The average Bonchev–Trinajstić information content (AvgIpc) is 1.88. The molecule has 0 radical (unpaired) electrons. The molecule has 0 aliphatic carbocycles. The first-order valence-corrected chi connectivity index (χ1v) is 5.55. The van der Waals surface area contributed by atoms with E-state index in [0.717, 1.165) is 0 Å². The van der Waals surface area contributed by atoms with E-state index in [1.807, 2.05) is 0 Å². The summed E-state index contributed by atoms with van der Waals surface area (Å²) >= 11 is 4.19. The van der Waals surface area contributed by atoms with Gasteiger partial charge < -0.3 is 0 Å². The Balaban J connectivity index is 3.80. The molecule has 0 saturated heterocycles. The molecular formula is C7H17NS2. The third kappa shape index (κ3) is 3.17. The molecule has 0 aliphatic heterocycles. The normalized spacial score (nSPS) is 14.7. The summed E-state index contributed by atoms with van der Waals surface area (Å²) in [5, 5.41) is 0. The van der Waals surface area contributed by atoms with Crippen molar-refractivity contribution in [2.24, 2.45) is 0 Å². The van der Waals surface area contributed by atoms with Crippen molar-refractivity contribution in [3.05, 3.63) is 0 Å². The van der Waals surface area contributed by atoms with Crippen molar-refractivity contribution in [1.29, 1.82) is 0 Å². The van der Waals surface area contributed by atoms with Crippen LogP contribution in [0.3, 0.4) is 0 Å². The van der Waals surface area contributed by atoms with Gasteiger partial charge in [-0.2, -0.15) is 0 Å². The van der Waals surface area contributed by atoms with Crippen molar-refractivity contribution in [2.45, 2.75) is 46.2 Å². The number of hydrogen-bond acceptors (Lipinski definition) is 3. The molecule has 1 atom stereocenters. The highest BCUT2D eigenvalue weighted by molar-refractivity contribution is 8.67. The zero-order chi connectivity index (χ0) is 8.15. The van der Waals surface area contributed by atoms with Crippen LogP contribution in [-0.2, 0) is 0 Å². The average molecular weight is 179 g/mol. The van der Waals surface area contributed by atoms with E-state index >= 15 is 0 Å². The molecule has 0 rings (SSSR count). The number of thiol groups is 1. The van der Waals surface area contributed by atoms with Crippen molar-refractivity contribution in [3.63, 3.8) is 0 Å². The maximum atomic E-state index is 4.19. The molecule has 0 spiro atoms. The highest BCUT2D eigenvalue weighted by Gasteiger charge is 2.13.